The number of nitrogens with one attached hydrogen (secondary N) is 1. The molecule has 1 aromatic carbocycles. The molecule has 1 aliphatic heterocycles. The highest BCUT2D eigenvalue weighted by molar-refractivity contribution is 5.96. The van der Waals surface area contributed by atoms with E-state index in [2.05, 4.69) is 19.2 Å². The highest BCUT2D eigenvalue weighted by atomic mass is 16.5. The van der Waals surface area contributed by atoms with Crippen LogP contribution in [0.4, 0.5) is 0 Å². The maximum absolute atomic E-state index is 13.5. The van der Waals surface area contributed by atoms with Crippen LogP contribution in [0.5, 0.6) is 5.75 Å². The second-order valence-corrected chi connectivity index (χ2v) is 10.6. The highest BCUT2D eigenvalue weighted by Gasteiger charge is 2.50. The lowest BCUT2D eigenvalue weighted by atomic mass is 9.77. The Labute approximate surface area is 208 Å². The number of amides is 2. The number of ether oxygens (including phenoxy) is 1. The first-order chi connectivity index (χ1) is 16.9. The van der Waals surface area contributed by atoms with Crippen LogP contribution in [0.2, 0.25) is 0 Å². The molecule has 4 rings (SSSR count). The number of hydrogen-bond acceptors (Lipinski definition) is 5. The Morgan fingerprint density at radius 2 is 1.94 bits per heavy atom. The lowest BCUT2D eigenvalue weighted by Gasteiger charge is -2.41. The van der Waals surface area contributed by atoms with Crippen LogP contribution in [0.1, 0.15) is 70.3 Å². The largest absolute Gasteiger partial charge is 0.486 e. The van der Waals surface area contributed by atoms with Crippen molar-refractivity contribution in [1.82, 2.24) is 10.2 Å². The third-order valence-corrected chi connectivity index (χ3v) is 7.75. The second kappa shape index (κ2) is 11.6. The standard InChI is InChI=1S/C28H40N2O5/c1-18(2)13-15-30(24(32)12-11-19-7-3-4-8-19)22-17-21(28(34)29-14-16-31)25-20-9-5-6-10-23(20)35-27(25)26(22)33/h5-6,9-10,17-19,22,25-27,31,33H,3-4,7-8,11-16H2,1-2H3,(H,29,34). The van der Waals surface area contributed by atoms with Crippen LogP contribution >= 0.6 is 0 Å². The Kier molecular flexibility index (Phi) is 8.50. The average Bonchev–Trinajstić information content (AvgIpc) is 3.50. The van der Waals surface area contributed by atoms with Crippen LogP contribution in [0.15, 0.2) is 35.9 Å². The molecular formula is C28H40N2O5. The Bertz CT molecular complexity index is 924. The summed E-state index contributed by atoms with van der Waals surface area (Å²) in [4.78, 5) is 28.5. The summed E-state index contributed by atoms with van der Waals surface area (Å²) in [5.74, 6) is 0.975. The van der Waals surface area contributed by atoms with Gasteiger partial charge in [0.25, 0.3) is 0 Å². The van der Waals surface area contributed by atoms with Gasteiger partial charge in [-0.3, -0.25) is 9.59 Å². The molecule has 0 aromatic heterocycles. The Morgan fingerprint density at radius 1 is 1.20 bits per heavy atom. The number of fused-ring (bicyclic) bond motifs is 3. The molecule has 0 bridgehead atoms. The van der Waals surface area contributed by atoms with Crippen molar-refractivity contribution >= 4 is 11.8 Å². The summed E-state index contributed by atoms with van der Waals surface area (Å²) in [6.07, 6.45) is 7.19. The maximum atomic E-state index is 13.5. The van der Waals surface area contributed by atoms with Gasteiger partial charge in [-0.25, -0.2) is 0 Å². The fourth-order valence-electron chi connectivity index (χ4n) is 5.80. The Balaban J connectivity index is 1.64. The van der Waals surface area contributed by atoms with Crippen molar-refractivity contribution in [2.45, 2.75) is 83.0 Å². The molecule has 0 radical (unpaired) electrons. The summed E-state index contributed by atoms with van der Waals surface area (Å²) in [6, 6.07) is 6.89. The summed E-state index contributed by atoms with van der Waals surface area (Å²) >= 11 is 0. The molecule has 4 atom stereocenters. The quantitative estimate of drug-likeness (QED) is 0.474. The van der Waals surface area contributed by atoms with Gasteiger partial charge >= 0.3 is 0 Å². The van der Waals surface area contributed by atoms with Gasteiger partial charge in [0.05, 0.1) is 18.6 Å². The zero-order valence-electron chi connectivity index (χ0n) is 21.0. The lowest BCUT2D eigenvalue weighted by Crippen LogP contribution is -2.56. The van der Waals surface area contributed by atoms with Crippen LogP contribution < -0.4 is 10.1 Å². The predicted octanol–water partition coefficient (Wildman–Crippen LogP) is 3.15. The summed E-state index contributed by atoms with van der Waals surface area (Å²) in [5, 5.41) is 23.5. The van der Waals surface area contributed by atoms with Gasteiger partial charge in [0, 0.05) is 30.6 Å². The molecule has 7 nitrogen and oxygen atoms in total. The number of aliphatic hydroxyl groups is 2. The molecule has 35 heavy (non-hydrogen) atoms. The van der Waals surface area contributed by atoms with E-state index in [-0.39, 0.29) is 25.0 Å². The van der Waals surface area contributed by atoms with E-state index >= 15 is 0 Å². The molecule has 1 fully saturated rings. The zero-order valence-corrected chi connectivity index (χ0v) is 21.0. The molecular weight excluding hydrogens is 444 g/mol. The molecule has 1 heterocycles. The van der Waals surface area contributed by atoms with E-state index in [1.54, 1.807) is 11.0 Å². The third-order valence-electron chi connectivity index (χ3n) is 7.75. The number of hydrogen-bond donors (Lipinski definition) is 3. The molecule has 1 aromatic rings. The fraction of sp³-hybridized carbons (Fsp3) is 0.643. The number of aliphatic hydroxyl groups excluding tert-OH is 2. The van der Waals surface area contributed by atoms with E-state index in [1.165, 1.54) is 25.7 Å². The van der Waals surface area contributed by atoms with E-state index in [9.17, 15) is 19.8 Å². The molecule has 4 unspecified atom stereocenters. The van der Waals surface area contributed by atoms with Crippen molar-refractivity contribution in [2.24, 2.45) is 11.8 Å². The normalized spacial score (nSPS) is 25.6. The Morgan fingerprint density at radius 3 is 2.66 bits per heavy atom. The summed E-state index contributed by atoms with van der Waals surface area (Å²) in [7, 11) is 0. The van der Waals surface area contributed by atoms with Crippen molar-refractivity contribution in [3.63, 3.8) is 0 Å². The van der Waals surface area contributed by atoms with Gasteiger partial charge in [-0.15, -0.1) is 0 Å². The molecule has 0 saturated heterocycles. The topological polar surface area (TPSA) is 99.1 Å². The van der Waals surface area contributed by atoms with Gasteiger partial charge < -0.3 is 25.2 Å². The smallest absolute Gasteiger partial charge is 0.247 e. The van der Waals surface area contributed by atoms with Gasteiger partial charge in [0.15, 0.2) is 0 Å². The minimum atomic E-state index is -0.954. The fourth-order valence-corrected chi connectivity index (χ4v) is 5.80. The van der Waals surface area contributed by atoms with Gasteiger partial charge in [0.1, 0.15) is 18.0 Å². The number of para-hydroxylation sites is 1. The van der Waals surface area contributed by atoms with Crippen molar-refractivity contribution < 1.29 is 24.5 Å². The van der Waals surface area contributed by atoms with E-state index < -0.39 is 24.2 Å². The number of carbonyl (C=O) groups excluding carboxylic acids is 2. The lowest BCUT2D eigenvalue weighted by molar-refractivity contribution is -0.137. The number of nitrogens with zero attached hydrogens (tertiary/aromatic N) is 1. The predicted molar refractivity (Wildman–Crippen MR) is 134 cm³/mol. The summed E-state index contributed by atoms with van der Waals surface area (Å²) < 4.78 is 6.18. The minimum absolute atomic E-state index is 0.0296. The van der Waals surface area contributed by atoms with Crippen molar-refractivity contribution in [2.75, 3.05) is 19.7 Å². The molecule has 7 heteroatoms. The van der Waals surface area contributed by atoms with E-state index in [4.69, 9.17) is 4.74 Å². The molecule has 2 aliphatic carbocycles. The van der Waals surface area contributed by atoms with Crippen LogP contribution in [-0.4, -0.2) is 64.9 Å². The maximum Gasteiger partial charge on any atom is 0.247 e. The average molecular weight is 485 g/mol. The highest BCUT2D eigenvalue weighted by Crippen LogP contribution is 2.47. The van der Waals surface area contributed by atoms with Gasteiger partial charge in [-0.05, 0) is 36.8 Å². The SMILES string of the molecule is CC(C)CCN(C(=O)CCC1CCCC1)C1C=C(C(=O)NCCO)C2c3ccccc3OC2C1O. The molecule has 192 valence electrons. The number of benzene rings is 1. The third kappa shape index (κ3) is 5.72. The van der Waals surface area contributed by atoms with E-state index in [1.807, 2.05) is 24.3 Å². The van der Waals surface area contributed by atoms with Gasteiger partial charge in [-0.2, -0.15) is 0 Å². The first-order valence-electron chi connectivity index (χ1n) is 13.2. The number of carbonyl (C=O) groups is 2. The molecule has 3 aliphatic rings. The van der Waals surface area contributed by atoms with E-state index in [0.717, 1.165) is 18.4 Å². The molecule has 1 saturated carbocycles. The summed E-state index contributed by atoms with van der Waals surface area (Å²) in [5.41, 5.74) is 1.35. The van der Waals surface area contributed by atoms with Crippen molar-refractivity contribution in [3.05, 3.63) is 41.5 Å². The number of rotatable bonds is 10. The summed E-state index contributed by atoms with van der Waals surface area (Å²) in [6.45, 7) is 4.74. The first-order valence-corrected chi connectivity index (χ1v) is 13.2. The zero-order chi connectivity index (χ0) is 24.9. The van der Waals surface area contributed by atoms with Gasteiger partial charge in [0.2, 0.25) is 11.8 Å². The van der Waals surface area contributed by atoms with Crippen molar-refractivity contribution in [1.29, 1.82) is 0 Å². The molecule has 3 N–H and O–H groups in total. The molecule has 2 amide bonds. The molecule has 0 spiro atoms. The van der Waals surface area contributed by atoms with Crippen LogP contribution in [0, 0.1) is 11.8 Å². The van der Waals surface area contributed by atoms with Crippen LogP contribution in [0.25, 0.3) is 0 Å². The minimum Gasteiger partial charge on any atom is -0.486 e. The Hall–Kier alpha value is -2.38. The van der Waals surface area contributed by atoms with E-state index in [0.29, 0.717) is 36.1 Å². The second-order valence-electron chi connectivity index (χ2n) is 10.6. The van der Waals surface area contributed by atoms with Crippen molar-refractivity contribution in [3.8, 4) is 5.75 Å². The van der Waals surface area contributed by atoms with Crippen LogP contribution in [0.3, 0.4) is 0 Å². The first kappa shape index (κ1) is 25.7. The van der Waals surface area contributed by atoms with Crippen LogP contribution in [-0.2, 0) is 9.59 Å². The van der Waals surface area contributed by atoms with Gasteiger partial charge in [-0.1, -0.05) is 57.7 Å². The monoisotopic (exact) mass is 484 g/mol.